The van der Waals surface area contributed by atoms with E-state index in [9.17, 15) is 13.2 Å². The number of amides is 1. The minimum Gasteiger partial charge on any atom is -0.340 e. The van der Waals surface area contributed by atoms with Crippen LogP contribution in [-0.4, -0.2) is 37.4 Å². The molecule has 1 saturated heterocycles. The van der Waals surface area contributed by atoms with Gasteiger partial charge >= 0.3 is 0 Å². The number of nitrogens with zero attached hydrogens (tertiary/aromatic N) is 3. The lowest BCUT2D eigenvalue weighted by Gasteiger charge is -2.31. The monoisotopic (exact) mass is 374 g/mol. The van der Waals surface area contributed by atoms with Gasteiger partial charge in [0, 0.05) is 25.5 Å². The molecule has 7 nitrogen and oxygen atoms in total. The second-order valence-electron chi connectivity index (χ2n) is 6.57. The largest absolute Gasteiger partial charge is 0.340 e. The number of nitrogens with one attached hydrogen (secondary N) is 1. The number of piperidine rings is 1. The number of hydrogen-bond donors (Lipinski definition) is 1. The number of anilines is 1. The van der Waals surface area contributed by atoms with Crippen LogP contribution in [0.4, 0.5) is 5.95 Å². The second-order valence-corrected chi connectivity index (χ2v) is 8.22. The molecule has 2 heterocycles. The minimum atomic E-state index is -3.89. The maximum atomic E-state index is 12.6. The Balaban J connectivity index is 1.72. The number of aryl methyl sites for hydroxylation is 2. The number of carbonyl (C=O) groups is 1. The van der Waals surface area contributed by atoms with Crippen molar-refractivity contribution in [3.8, 4) is 0 Å². The normalized spacial score (nSPS) is 17.8. The van der Waals surface area contributed by atoms with Crippen LogP contribution in [0.15, 0.2) is 41.6 Å². The summed E-state index contributed by atoms with van der Waals surface area (Å²) < 4.78 is 27.4. The Morgan fingerprint density at radius 1 is 1.23 bits per heavy atom. The van der Waals surface area contributed by atoms with Crippen molar-refractivity contribution in [2.24, 2.45) is 5.92 Å². The fraction of sp³-hybridized carbons (Fsp3) is 0.389. The zero-order valence-corrected chi connectivity index (χ0v) is 15.7. The van der Waals surface area contributed by atoms with Crippen LogP contribution in [0.2, 0.25) is 0 Å². The van der Waals surface area contributed by atoms with Crippen LogP contribution in [0.1, 0.15) is 24.0 Å². The van der Waals surface area contributed by atoms with Crippen molar-refractivity contribution < 1.29 is 13.2 Å². The van der Waals surface area contributed by atoms with Crippen molar-refractivity contribution in [2.45, 2.75) is 31.6 Å². The average molecular weight is 374 g/mol. The first-order chi connectivity index (χ1) is 12.4. The molecule has 1 aliphatic heterocycles. The summed E-state index contributed by atoms with van der Waals surface area (Å²) in [5.41, 5.74) is 1.59. The Bertz CT molecular complexity index is 900. The molecule has 1 N–H and O–H groups in total. The molecule has 0 radical (unpaired) electrons. The molecular weight excluding hydrogens is 352 g/mol. The molecule has 0 unspecified atom stereocenters. The first kappa shape index (κ1) is 18.3. The zero-order chi connectivity index (χ0) is 18.7. The minimum absolute atomic E-state index is 0.135. The summed E-state index contributed by atoms with van der Waals surface area (Å²) >= 11 is 0. The van der Waals surface area contributed by atoms with Crippen LogP contribution in [0.3, 0.4) is 0 Å². The third-order valence-electron chi connectivity index (χ3n) is 4.48. The highest BCUT2D eigenvalue weighted by atomic mass is 32.2. The Kier molecular flexibility index (Phi) is 5.22. The molecule has 0 bridgehead atoms. The van der Waals surface area contributed by atoms with E-state index in [-0.39, 0.29) is 4.90 Å². The molecular formula is C18H22N4O3S. The lowest BCUT2D eigenvalue weighted by atomic mass is 9.98. The topological polar surface area (TPSA) is 92.3 Å². The number of rotatable bonds is 4. The van der Waals surface area contributed by atoms with Crippen LogP contribution in [0, 0.1) is 19.8 Å². The van der Waals surface area contributed by atoms with Crippen molar-refractivity contribution in [2.75, 3.05) is 18.0 Å². The van der Waals surface area contributed by atoms with Crippen molar-refractivity contribution in [1.82, 2.24) is 14.7 Å². The van der Waals surface area contributed by atoms with E-state index < -0.39 is 21.8 Å². The van der Waals surface area contributed by atoms with Crippen LogP contribution >= 0.6 is 0 Å². The van der Waals surface area contributed by atoms with E-state index in [1.807, 2.05) is 11.8 Å². The molecule has 0 spiro atoms. The molecule has 1 aromatic carbocycles. The number of sulfonamides is 1. The molecule has 26 heavy (non-hydrogen) atoms. The maximum absolute atomic E-state index is 12.6. The van der Waals surface area contributed by atoms with E-state index in [4.69, 9.17) is 0 Å². The van der Waals surface area contributed by atoms with E-state index in [2.05, 4.69) is 14.7 Å². The van der Waals surface area contributed by atoms with Gasteiger partial charge in [0.15, 0.2) is 0 Å². The Hall–Kier alpha value is -2.48. The highest BCUT2D eigenvalue weighted by Crippen LogP contribution is 2.22. The number of hydrogen-bond acceptors (Lipinski definition) is 6. The molecule has 2 aromatic rings. The maximum Gasteiger partial charge on any atom is 0.264 e. The van der Waals surface area contributed by atoms with Gasteiger partial charge < -0.3 is 4.90 Å². The Labute approximate surface area is 153 Å². The van der Waals surface area contributed by atoms with Gasteiger partial charge in [-0.05, 0) is 44.4 Å². The lowest BCUT2D eigenvalue weighted by molar-refractivity contribution is -0.123. The van der Waals surface area contributed by atoms with Crippen molar-refractivity contribution in [3.63, 3.8) is 0 Å². The molecule has 1 atom stereocenters. The third-order valence-corrected chi connectivity index (χ3v) is 5.99. The van der Waals surface area contributed by atoms with Crippen molar-refractivity contribution in [1.29, 1.82) is 0 Å². The van der Waals surface area contributed by atoms with Gasteiger partial charge in [-0.3, -0.25) is 4.79 Å². The van der Waals surface area contributed by atoms with Gasteiger partial charge in [0.25, 0.3) is 10.0 Å². The van der Waals surface area contributed by atoms with Crippen LogP contribution < -0.4 is 9.62 Å². The van der Waals surface area contributed by atoms with E-state index in [1.54, 1.807) is 37.5 Å². The molecule has 0 saturated carbocycles. The van der Waals surface area contributed by atoms with Crippen molar-refractivity contribution >= 4 is 21.9 Å². The summed E-state index contributed by atoms with van der Waals surface area (Å²) in [6, 6.07) is 6.77. The molecule has 1 aliphatic rings. The molecule has 0 aliphatic carbocycles. The first-order valence-corrected chi connectivity index (χ1v) is 10.0. The summed E-state index contributed by atoms with van der Waals surface area (Å²) in [7, 11) is -3.89. The van der Waals surface area contributed by atoms with Gasteiger partial charge in [0.05, 0.1) is 10.8 Å². The molecule has 8 heteroatoms. The van der Waals surface area contributed by atoms with Gasteiger partial charge in [0.2, 0.25) is 11.9 Å². The van der Waals surface area contributed by atoms with Crippen LogP contribution in [0.5, 0.6) is 0 Å². The fourth-order valence-corrected chi connectivity index (χ4v) is 4.47. The zero-order valence-electron chi connectivity index (χ0n) is 14.8. The Morgan fingerprint density at radius 2 is 1.96 bits per heavy atom. The smallest absolute Gasteiger partial charge is 0.264 e. The molecule has 138 valence electrons. The molecule has 1 aromatic heterocycles. The SMILES string of the molecule is Cc1ccc(S(=O)(=O)NC(=O)[C@H]2CCCN(c3ncccn3)C2)c(C)c1. The standard InChI is InChI=1S/C18H22N4O3S/c1-13-6-7-16(14(2)11-13)26(24,25)21-17(23)15-5-3-10-22(12-15)18-19-8-4-9-20-18/h4,6-9,11,15H,3,5,10,12H2,1-2H3,(H,21,23)/t15-/m0/s1. The number of carbonyl (C=O) groups excluding carboxylic acids is 1. The first-order valence-electron chi connectivity index (χ1n) is 8.53. The van der Waals surface area contributed by atoms with E-state index >= 15 is 0 Å². The highest BCUT2D eigenvalue weighted by Gasteiger charge is 2.30. The predicted octanol–water partition coefficient (Wildman–Crippen LogP) is 1.81. The van der Waals surface area contributed by atoms with E-state index in [0.29, 0.717) is 24.5 Å². The molecule has 1 fully saturated rings. The molecule has 3 rings (SSSR count). The Morgan fingerprint density at radius 3 is 2.65 bits per heavy atom. The van der Waals surface area contributed by atoms with Gasteiger partial charge in [-0.25, -0.2) is 23.1 Å². The summed E-state index contributed by atoms with van der Waals surface area (Å²) in [5.74, 6) is -0.346. The van der Waals surface area contributed by atoms with Crippen molar-refractivity contribution in [3.05, 3.63) is 47.8 Å². The molecule has 1 amide bonds. The quantitative estimate of drug-likeness (QED) is 0.877. The second kappa shape index (κ2) is 7.41. The fourth-order valence-electron chi connectivity index (χ4n) is 3.20. The van der Waals surface area contributed by atoms with Crippen LogP contribution in [-0.2, 0) is 14.8 Å². The highest BCUT2D eigenvalue weighted by molar-refractivity contribution is 7.90. The summed E-state index contributed by atoms with van der Waals surface area (Å²) in [6.07, 6.45) is 4.71. The summed E-state index contributed by atoms with van der Waals surface area (Å²) in [5, 5.41) is 0. The predicted molar refractivity (Wildman–Crippen MR) is 98.2 cm³/mol. The van der Waals surface area contributed by atoms with Crippen LogP contribution in [0.25, 0.3) is 0 Å². The van der Waals surface area contributed by atoms with E-state index in [1.165, 1.54) is 6.07 Å². The van der Waals surface area contributed by atoms with Gasteiger partial charge in [0.1, 0.15) is 0 Å². The van der Waals surface area contributed by atoms with Gasteiger partial charge in [-0.15, -0.1) is 0 Å². The number of benzene rings is 1. The van der Waals surface area contributed by atoms with Gasteiger partial charge in [-0.1, -0.05) is 17.7 Å². The van der Waals surface area contributed by atoms with E-state index in [0.717, 1.165) is 18.5 Å². The summed E-state index contributed by atoms with van der Waals surface area (Å²) in [4.78, 5) is 23.0. The average Bonchev–Trinajstić information content (AvgIpc) is 2.62. The van der Waals surface area contributed by atoms with Gasteiger partial charge in [-0.2, -0.15) is 0 Å². The number of aromatic nitrogens is 2. The lowest BCUT2D eigenvalue weighted by Crippen LogP contribution is -2.45. The summed E-state index contributed by atoms with van der Waals surface area (Å²) in [6.45, 7) is 4.77. The third kappa shape index (κ3) is 4.01.